The summed E-state index contributed by atoms with van der Waals surface area (Å²) in [5.74, 6) is 0.560. The summed E-state index contributed by atoms with van der Waals surface area (Å²) in [5.41, 5.74) is 0.663. The van der Waals surface area contributed by atoms with Gasteiger partial charge in [-0.2, -0.15) is 19.2 Å². The molecule has 0 aliphatic carbocycles. The van der Waals surface area contributed by atoms with Crippen LogP contribution in [0.4, 0.5) is 0 Å². The van der Waals surface area contributed by atoms with E-state index < -0.39 is 0 Å². The third-order valence-electron chi connectivity index (χ3n) is 1.57. The molecular formula is C5H3N7. The third-order valence-corrected chi connectivity index (χ3v) is 1.57. The molecule has 3 aromatic heterocycles. The van der Waals surface area contributed by atoms with Crippen molar-refractivity contribution in [1.82, 2.24) is 34.4 Å². The van der Waals surface area contributed by atoms with Crippen molar-refractivity contribution < 1.29 is 0 Å². The van der Waals surface area contributed by atoms with Crippen molar-refractivity contribution in [1.29, 1.82) is 0 Å². The monoisotopic (exact) mass is 161 g/mol. The molecule has 0 radical (unpaired) electrons. The minimum absolute atomic E-state index is 0.560. The van der Waals surface area contributed by atoms with Crippen molar-refractivity contribution in [2.45, 2.75) is 0 Å². The molecule has 0 saturated carbocycles. The molecule has 0 amide bonds. The van der Waals surface area contributed by atoms with Crippen LogP contribution >= 0.6 is 0 Å². The third kappa shape index (κ3) is 0.529. The molecule has 12 heavy (non-hydrogen) atoms. The summed E-state index contributed by atoms with van der Waals surface area (Å²) in [6.07, 6.45) is 4.56. The Bertz CT molecular complexity index is 485. The first-order valence-electron chi connectivity index (χ1n) is 3.30. The van der Waals surface area contributed by atoms with E-state index in [1.54, 1.807) is 10.7 Å². The summed E-state index contributed by atoms with van der Waals surface area (Å²) in [6.45, 7) is 0. The molecule has 0 aliphatic rings. The van der Waals surface area contributed by atoms with Gasteiger partial charge in [-0.1, -0.05) is 0 Å². The maximum Gasteiger partial charge on any atom is 0.274 e. The van der Waals surface area contributed by atoms with Crippen LogP contribution in [0.2, 0.25) is 0 Å². The standard InChI is InChI=1S/C5H3N7/c1-4-6-2-9-12(4)5-10-7-3-11(5)8-1/h1-3H. The zero-order valence-corrected chi connectivity index (χ0v) is 5.86. The molecule has 3 heterocycles. The van der Waals surface area contributed by atoms with Crippen molar-refractivity contribution in [3.05, 3.63) is 18.9 Å². The Hall–Kier alpha value is -2.05. The number of fused-ring (bicyclic) bond motifs is 3. The van der Waals surface area contributed by atoms with Gasteiger partial charge in [0.25, 0.3) is 5.78 Å². The van der Waals surface area contributed by atoms with Crippen LogP contribution in [0.25, 0.3) is 11.4 Å². The topological polar surface area (TPSA) is 73.3 Å². The van der Waals surface area contributed by atoms with E-state index in [9.17, 15) is 0 Å². The van der Waals surface area contributed by atoms with Crippen molar-refractivity contribution in [2.75, 3.05) is 0 Å². The summed E-state index contributed by atoms with van der Waals surface area (Å²) in [5, 5.41) is 15.5. The van der Waals surface area contributed by atoms with Crippen LogP contribution in [-0.2, 0) is 0 Å². The predicted molar refractivity (Wildman–Crippen MR) is 37.3 cm³/mol. The molecule has 0 saturated heterocycles. The number of aromatic nitrogens is 7. The molecule has 0 aromatic carbocycles. The Morgan fingerprint density at radius 3 is 3.25 bits per heavy atom. The molecule has 0 aliphatic heterocycles. The van der Waals surface area contributed by atoms with Crippen molar-refractivity contribution >= 4 is 11.4 Å². The molecule has 0 bridgehead atoms. The highest BCUT2D eigenvalue weighted by Crippen LogP contribution is 1.98. The van der Waals surface area contributed by atoms with E-state index in [4.69, 9.17) is 0 Å². The van der Waals surface area contributed by atoms with Crippen LogP contribution in [0.1, 0.15) is 0 Å². The van der Waals surface area contributed by atoms with Crippen LogP contribution in [0.15, 0.2) is 18.9 Å². The summed E-state index contributed by atoms with van der Waals surface area (Å²) >= 11 is 0. The van der Waals surface area contributed by atoms with Crippen LogP contribution in [-0.4, -0.2) is 34.4 Å². The second kappa shape index (κ2) is 1.76. The molecule has 7 nitrogen and oxygen atoms in total. The minimum atomic E-state index is 0.560. The Balaban J connectivity index is 2.71. The smallest absolute Gasteiger partial charge is 0.213 e. The molecule has 0 atom stereocenters. The summed E-state index contributed by atoms with van der Waals surface area (Å²) in [6, 6.07) is 0. The average molecular weight is 161 g/mol. The number of rotatable bonds is 0. The first-order chi connectivity index (χ1) is 5.95. The summed E-state index contributed by atoms with van der Waals surface area (Å²) in [7, 11) is 0. The Morgan fingerprint density at radius 1 is 1.25 bits per heavy atom. The lowest BCUT2D eigenvalue weighted by Gasteiger charge is -1.91. The van der Waals surface area contributed by atoms with E-state index in [1.807, 2.05) is 0 Å². The molecular weight excluding hydrogens is 158 g/mol. The van der Waals surface area contributed by atoms with E-state index in [-0.39, 0.29) is 0 Å². The molecule has 7 heteroatoms. The van der Waals surface area contributed by atoms with Gasteiger partial charge in [0.1, 0.15) is 12.7 Å². The predicted octanol–water partition coefficient (Wildman–Crippen LogP) is -0.833. The van der Waals surface area contributed by atoms with Gasteiger partial charge in [0.15, 0.2) is 5.65 Å². The fourth-order valence-corrected chi connectivity index (χ4v) is 1.05. The molecule has 58 valence electrons. The van der Waals surface area contributed by atoms with E-state index in [2.05, 4.69) is 25.4 Å². The first-order valence-corrected chi connectivity index (χ1v) is 3.30. The number of nitrogens with zero attached hydrogens (tertiary/aromatic N) is 7. The maximum atomic E-state index is 4.01. The normalized spacial score (nSPS) is 11.3. The molecule has 3 rings (SSSR count). The molecule has 0 fully saturated rings. The van der Waals surface area contributed by atoms with Gasteiger partial charge >= 0.3 is 0 Å². The van der Waals surface area contributed by atoms with Crippen molar-refractivity contribution in [2.24, 2.45) is 0 Å². The van der Waals surface area contributed by atoms with Crippen molar-refractivity contribution in [3.8, 4) is 0 Å². The lowest BCUT2D eigenvalue weighted by atomic mass is 10.8. The fraction of sp³-hybridized carbons (Fsp3) is 0. The highest BCUT2D eigenvalue weighted by molar-refractivity contribution is 5.40. The largest absolute Gasteiger partial charge is 0.274 e. The second-order valence-corrected chi connectivity index (χ2v) is 2.25. The van der Waals surface area contributed by atoms with Gasteiger partial charge in [-0.3, -0.25) is 0 Å². The molecule has 0 N–H and O–H groups in total. The summed E-state index contributed by atoms with van der Waals surface area (Å²) < 4.78 is 3.10. The van der Waals surface area contributed by atoms with E-state index in [1.165, 1.54) is 17.2 Å². The van der Waals surface area contributed by atoms with Gasteiger partial charge in [-0.25, -0.2) is 4.98 Å². The number of hydrogen-bond acceptors (Lipinski definition) is 5. The first kappa shape index (κ1) is 5.58. The molecule has 3 aromatic rings. The van der Waals surface area contributed by atoms with Gasteiger partial charge in [0, 0.05) is 0 Å². The van der Waals surface area contributed by atoms with Crippen LogP contribution in [0.3, 0.4) is 0 Å². The van der Waals surface area contributed by atoms with Gasteiger partial charge in [-0.15, -0.1) is 10.2 Å². The van der Waals surface area contributed by atoms with Gasteiger partial charge in [0.2, 0.25) is 0 Å². The van der Waals surface area contributed by atoms with Crippen LogP contribution in [0.5, 0.6) is 0 Å². The van der Waals surface area contributed by atoms with E-state index in [0.717, 1.165) is 0 Å². The highest BCUT2D eigenvalue weighted by atomic mass is 15.4. The van der Waals surface area contributed by atoms with Crippen molar-refractivity contribution in [3.63, 3.8) is 0 Å². The summed E-state index contributed by atoms with van der Waals surface area (Å²) in [4.78, 5) is 3.96. The van der Waals surface area contributed by atoms with E-state index in [0.29, 0.717) is 11.4 Å². The molecule has 0 unspecified atom stereocenters. The van der Waals surface area contributed by atoms with Gasteiger partial charge < -0.3 is 0 Å². The molecule has 0 spiro atoms. The zero-order chi connectivity index (χ0) is 7.97. The Labute approximate surface area is 65.7 Å². The fourth-order valence-electron chi connectivity index (χ4n) is 1.05. The Kier molecular flexibility index (Phi) is 0.817. The number of hydrogen-bond donors (Lipinski definition) is 0. The van der Waals surface area contributed by atoms with Gasteiger partial charge in [0.05, 0.1) is 6.20 Å². The Morgan fingerprint density at radius 2 is 2.25 bits per heavy atom. The second-order valence-electron chi connectivity index (χ2n) is 2.25. The highest BCUT2D eigenvalue weighted by Gasteiger charge is 2.02. The quantitative estimate of drug-likeness (QED) is 0.430. The minimum Gasteiger partial charge on any atom is -0.213 e. The lowest BCUT2D eigenvalue weighted by Crippen LogP contribution is -1.98. The van der Waals surface area contributed by atoms with Gasteiger partial charge in [-0.05, 0) is 0 Å². The maximum absolute atomic E-state index is 4.01. The lowest BCUT2D eigenvalue weighted by molar-refractivity contribution is 0.847. The SMILES string of the molecule is c1nc2cnn3cnnc3n2n1. The van der Waals surface area contributed by atoms with Crippen LogP contribution < -0.4 is 0 Å². The zero-order valence-electron chi connectivity index (χ0n) is 5.86. The van der Waals surface area contributed by atoms with E-state index >= 15 is 0 Å². The average Bonchev–Trinajstić information content (AvgIpc) is 2.71. The van der Waals surface area contributed by atoms with Crippen LogP contribution in [0, 0.1) is 0 Å².